The number of aromatic nitrogens is 4. The van der Waals surface area contributed by atoms with Crippen LogP contribution in [0.3, 0.4) is 0 Å². The number of nitro groups is 1. The Labute approximate surface area is 123 Å². The van der Waals surface area contributed by atoms with Crippen molar-refractivity contribution >= 4 is 17.0 Å². The van der Waals surface area contributed by atoms with Gasteiger partial charge in [0.1, 0.15) is 11.9 Å². The highest BCUT2D eigenvalue weighted by Gasteiger charge is 2.17. The van der Waals surface area contributed by atoms with Crippen LogP contribution in [0.5, 0.6) is 0 Å². The molecule has 0 aliphatic rings. The summed E-state index contributed by atoms with van der Waals surface area (Å²) in [6.45, 7) is 2.11. The summed E-state index contributed by atoms with van der Waals surface area (Å²) in [7, 11) is 0. The van der Waals surface area contributed by atoms with Gasteiger partial charge in [-0.25, -0.2) is 0 Å². The Morgan fingerprint density at radius 2 is 2.38 bits per heavy atom. The second kappa shape index (κ2) is 5.44. The van der Waals surface area contributed by atoms with E-state index in [0.29, 0.717) is 30.4 Å². The van der Waals surface area contributed by atoms with E-state index >= 15 is 0 Å². The molecule has 3 aromatic rings. The smallest absolute Gasteiger partial charge is 0.309 e. The maximum absolute atomic E-state index is 10.8. The van der Waals surface area contributed by atoms with E-state index in [9.17, 15) is 10.1 Å². The van der Waals surface area contributed by atoms with Crippen molar-refractivity contribution in [3.8, 4) is 10.7 Å². The molecule has 21 heavy (non-hydrogen) atoms. The van der Waals surface area contributed by atoms with E-state index in [4.69, 9.17) is 4.52 Å². The van der Waals surface area contributed by atoms with Gasteiger partial charge in [0.05, 0.1) is 16.3 Å². The average Bonchev–Trinajstić information content (AvgIpc) is 3.17. The fraction of sp³-hybridized carbons (Fsp3) is 0.250. The SMILES string of the molecule is Cc1c([N+](=O)[O-])cnn1CCc1nc(-c2cccs2)no1. The first-order valence-corrected chi connectivity index (χ1v) is 7.06. The Bertz CT molecular complexity index is 762. The van der Waals surface area contributed by atoms with Crippen molar-refractivity contribution in [2.75, 3.05) is 0 Å². The molecule has 0 unspecified atom stereocenters. The number of hydrogen-bond donors (Lipinski definition) is 0. The first-order chi connectivity index (χ1) is 10.1. The number of aryl methyl sites for hydroxylation is 2. The summed E-state index contributed by atoms with van der Waals surface area (Å²) in [6.07, 6.45) is 1.72. The molecular formula is C12H11N5O3S. The second-order valence-corrected chi connectivity index (χ2v) is 5.28. The van der Waals surface area contributed by atoms with Gasteiger partial charge < -0.3 is 4.52 Å². The number of rotatable bonds is 5. The molecule has 0 fully saturated rings. The van der Waals surface area contributed by atoms with Crippen molar-refractivity contribution in [1.82, 2.24) is 19.9 Å². The van der Waals surface area contributed by atoms with Gasteiger partial charge in [-0.3, -0.25) is 14.8 Å². The van der Waals surface area contributed by atoms with Gasteiger partial charge in [0, 0.05) is 6.42 Å². The van der Waals surface area contributed by atoms with Crippen LogP contribution in [-0.2, 0) is 13.0 Å². The predicted octanol–water partition coefficient (Wildman–Crippen LogP) is 2.45. The molecule has 9 heteroatoms. The topological polar surface area (TPSA) is 99.9 Å². The number of hydrogen-bond acceptors (Lipinski definition) is 7. The van der Waals surface area contributed by atoms with Crippen LogP contribution in [0.4, 0.5) is 5.69 Å². The van der Waals surface area contributed by atoms with Crippen LogP contribution in [0.15, 0.2) is 28.2 Å². The summed E-state index contributed by atoms with van der Waals surface area (Å²) >= 11 is 1.54. The largest absolute Gasteiger partial charge is 0.339 e. The van der Waals surface area contributed by atoms with E-state index < -0.39 is 4.92 Å². The summed E-state index contributed by atoms with van der Waals surface area (Å²) in [5, 5.41) is 20.6. The molecule has 108 valence electrons. The van der Waals surface area contributed by atoms with Crippen LogP contribution < -0.4 is 0 Å². The average molecular weight is 305 g/mol. The summed E-state index contributed by atoms with van der Waals surface area (Å²) in [4.78, 5) is 15.6. The standard InChI is InChI=1S/C12H11N5O3S/c1-8-9(17(18)19)7-13-16(8)5-4-11-14-12(15-20-11)10-3-2-6-21-10/h2-3,6-7H,4-5H2,1H3. The van der Waals surface area contributed by atoms with E-state index in [1.54, 1.807) is 11.6 Å². The Morgan fingerprint density at radius 1 is 1.52 bits per heavy atom. The van der Waals surface area contributed by atoms with Crippen molar-refractivity contribution in [2.24, 2.45) is 0 Å². The zero-order valence-corrected chi connectivity index (χ0v) is 11.9. The Balaban J connectivity index is 1.70. The molecule has 0 saturated heterocycles. The molecule has 0 aliphatic heterocycles. The Morgan fingerprint density at radius 3 is 3.05 bits per heavy atom. The highest BCUT2D eigenvalue weighted by atomic mass is 32.1. The van der Waals surface area contributed by atoms with Crippen molar-refractivity contribution < 1.29 is 9.45 Å². The van der Waals surface area contributed by atoms with E-state index in [1.807, 2.05) is 17.5 Å². The van der Waals surface area contributed by atoms with Crippen LogP contribution in [-0.4, -0.2) is 24.8 Å². The zero-order valence-electron chi connectivity index (χ0n) is 11.1. The minimum atomic E-state index is -0.444. The molecule has 0 atom stereocenters. The molecule has 0 N–H and O–H groups in total. The molecule has 0 aromatic carbocycles. The van der Waals surface area contributed by atoms with Crippen molar-refractivity contribution in [3.63, 3.8) is 0 Å². The Kier molecular flexibility index (Phi) is 3.48. The van der Waals surface area contributed by atoms with E-state index in [2.05, 4.69) is 15.2 Å². The maximum Gasteiger partial charge on any atom is 0.309 e. The lowest BCUT2D eigenvalue weighted by molar-refractivity contribution is -0.385. The van der Waals surface area contributed by atoms with E-state index in [0.717, 1.165) is 4.88 Å². The van der Waals surface area contributed by atoms with Crippen LogP contribution in [0.2, 0.25) is 0 Å². The minimum Gasteiger partial charge on any atom is -0.339 e. The third-order valence-corrected chi connectivity index (χ3v) is 3.89. The lowest BCUT2D eigenvalue weighted by Gasteiger charge is -2.00. The molecule has 0 spiro atoms. The quantitative estimate of drug-likeness (QED) is 0.530. The molecule has 3 rings (SSSR count). The highest BCUT2D eigenvalue weighted by molar-refractivity contribution is 7.13. The molecule has 0 amide bonds. The zero-order chi connectivity index (χ0) is 14.8. The molecule has 3 aromatic heterocycles. The maximum atomic E-state index is 10.8. The van der Waals surface area contributed by atoms with Crippen LogP contribution in [0.1, 0.15) is 11.6 Å². The lowest BCUT2D eigenvalue weighted by atomic mass is 10.3. The van der Waals surface area contributed by atoms with Gasteiger partial charge in [-0.2, -0.15) is 10.1 Å². The van der Waals surface area contributed by atoms with Crippen LogP contribution in [0, 0.1) is 17.0 Å². The summed E-state index contributed by atoms with van der Waals surface area (Å²) in [6, 6.07) is 3.84. The fourth-order valence-electron chi connectivity index (χ4n) is 1.91. The van der Waals surface area contributed by atoms with Crippen molar-refractivity contribution in [2.45, 2.75) is 19.9 Å². The fourth-order valence-corrected chi connectivity index (χ4v) is 2.55. The highest BCUT2D eigenvalue weighted by Crippen LogP contribution is 2.21. The first kappa shape index (κ1) is 13.4. The van der Waals surface area contributed by atoms with Gasteiger partial charge >= 0.3 is 5.69 Å². The molecule has 0 saturated carbocycles. The molecule has 0 bridgehead atoms. The third kappa shape index (κ3) is 2.68. The molecule has 0 aliphatic carbocycles. The van der Waals surface area contributed by atoms with Crippen molar-refractivity contribution in [1.29, 1.82) is 0 Å². The number of thiophene rings is 1. The number of nitrogens with zero attached hydrogens (tertiary/aromatic N) is 5. The van der Waals surface area contributed by atoms with Crippen LogP contribution >= 0.6 is 11.3 Å². The third-order valence-electron chi connectivity index (χ3n) is 3.02. The summed E-state index contributed by atoms with van der Waals surface area (Å²) in [5.74, 6) is 1.04. The predicted molar refractivity (Wildman–Crippen MR) is 74.9 cm³/mol. The first-order valence-electron chi connectivity index (χ1n) is 6.18. The van der Waals surface area contributed by atoms with E-state index in [1.165, 1.54) is 17.5 Å². The van der Waals surface area contributed by atoms with Gasteiger partial charge in [-0.1, -0.05) is 11.2 Å². The minimum absolute atomic E-state index is 0.0137. The monoisotopic (exact) mass is 305 g/mol. The van der Waals surface area contributed by atoms with Gasteiger partial charge in [0.15, 0.2) is 0 Å². The lowest BCUT2D eigenvalue weighted by Crippen LogP contribution is -2.05. The van der Waals surface area contributed by atoms with E-state index in [-0.39, 0.29) is 5.69 Å². The molecule has 3 heterocycles. The summed E-state index contributed by atoms with van der Waals surface area (Å²) < 4.78 is 6.74. The second-order valence-electron chi connectivity index (χ2n) is 4.33. The molecule has 0 radical (unpaired) electrons. The van der Waals surface area contributed by atoms with Gasteiger partial charge in [0.2, 0.25) is 11.7 Å². The summed E-state index contributed by atoms with van der Waals surface area (Å²) in [5.41, 5.74) is 0.526. The molecule has 8 nitrogen and oxygen atoms in total. The van der Waals surface area contributed by atoms with Gasteiger partial charge in [-0.15, -0.1) is 11.3 Å². The van der Waals surface area contributed by atoms with Crippen molar-refractivity contribution in [3.05, 3.63) is 45.4 Å². The normalized spacial score (nSPS) is 10.9. The Hall–Kier alpha value is -2.55. The van der Waals surface area contributed by atoms with Gasteiger partial charge in [0.25, 0.3) is 0 Å². The van der Waals surface area contributed by atoms with Gasteiger partial charge in [-0.05, 0) is 18.4 Å². The van der Waals surface area contributed by atoms with Crippen LogP contribution in [0.25, 0.3) is 10.7 Å². The molecular weight excluding hydrogens is 294 g/mol.